The first-order chi connectivity index (χ1) is 13.7. The van der Waals surface area contributed by atoms with E-state index in [9.17, 15) is 0 Å². The lowest BCUT2D eigenvalue weighted by atomic mass is 9.99. The van der Waals surface area contributed by atoms with Crippen LogP contribution in [0.4, 0.5) is 5.82 Å². The number of fused-ring (bicyclic) bond motifs is 5. The van der Waals surface area contributed by atoms with Gasteiger partial charge >= 0.3 is 0 Å². The molecule has 1 atom stereocenters. The van der Waals surface area contributed by atoms with Crippen LogP contribution in [0.25, 0.3) is 20.4 Å². The summed E-state index contributed by atoms with van der Waals surface area (Å²) in [4.78, 5) is 15.9. The summed E-state index contributed by atoms with van der Waals surface area (Å²) in [6.45, 7) is 6.18. The van der Waals surface area contributed by atoms with E-state index in [1.165, 1.54) is 28.6 Å². The molecule has 0 aromatic carbocycles. The van der Waals surface area contributed by atoms with Gasteiger partial charge in [0.2, 0.25) is 0 Å². The van der Waals surface area contributed by atoms with Crippen molar-refractivity contribution >= 4 is 49.3 Å². The van der Waals surface area contributed by atoms with Crippen molar-refractivity contribution in [2.24, 2.45) is 0 Å². The van der Waals surface area contributed by atoms with E-state index >= 15 is 0 Å². The number of pyridine rings is 1. The number of aryl methyl sites for hydroxylation is 1. The highest BCUT2D eigenvalue weighted by atomic mass is 32.2. The summed E-state index contributed by atoms with van der Waals surface area (Å²) in [7, 11) is 0. The Balaban J connectivity index is 1.68. The molecule has 1 N–H and O–H groups in total. The lowest BCUT2D eigenvalue weighted by Crippen LogP contribution is -2.19. The van der Waals surface area contributed by atoms with Gasteiger partial charge in [0.25, 0.3) is 0 Å². The lowest BCUT2D eigenvalue weighted by Gasteiger charge is -2.13. The molecule has 0 amide bonds. The minimum Gasteiger partial charge on any atom is -0.376 e. The second-order valence-electron chi connectivity index (χ2n) is 8.00. The molecule has 1 aliphatic heterocycles. The molecule has 0 spiro atoms. The van der Waals surface area contributed by atoms with Crippen LogP contribution in [-0.4, -0.2) is 40.5 Å². The van der Waals surface area contributed by atoms with Crippen LogP contribution >= 0.6 is 23.1 Å². The number of anilines is 1. The average molecular weight is 415 g/mol. The van der Waals surface area contributed by atoms with E-state index in [-0.39, 0.29) is 6.10 Å². The fourth-order valence-corrected chi connectivity index (χ4v) is 5.96. The molecule has 28 heavy (non-hydrogen) atoms. The molecule has 5 nitrogen and oxygen atoms in total. The predicted octanol–water partition coefficient (Wildman–Crippen LogP) is 5.16. The normalized spacial score (nSPS) is 19.2. The zero-order chi connectivity index (χ0) is 19.3. The van der Waals surface area contributed by atoms with Crippen molar-refractivity contribution < 1.29 is 4.74 Å². The third-order valence-corrected chi connectivity index (χ3v) is 7.42. The number of nitrogens with one attached hydrogen (secondary N) is 1. The van der Waals surface area contributed by atoms with Crippen molar-refractivity contribution in [1.82, 2.24) is 15.0 Å². The topological polar surface area (TPSA) is 59.9 Å². The van der Waals surface area contributed by atoms with Gasteiger partial charge in [-0.15, -0.1) is 11.3 Å². The lowest BCUT2D eigenvalue weighted by molar-refractivity contribution is 0.120. The number of rotatable bonds is 5. The number of hydrogen-bond donors (Lipinski definition) is 1. The number of aromatic nitrogens is 3. The molecule has 3 aromatic heterocycles. The fourth-order valence-electron chi connectivity index (χ4n) is 4.48. The molecule has 0 saturated carbocycles. The molecule has 0 radical (unpaired) electrons. The zero-order valence-electron chi connectivity index (χ0n) is 16.7. The molecule has 0 bridgehead atoms. The molecule has 1 fully saturated rings. The largest absolute Gasteiger partial charge is 0.376 e. The summed E-state index contributed by atoms with van der Waals surface area (Å²) >= 11 is 3.34. The van der Waals surface area contributed by atoms with Crippen LogP contribution < -0.4 is 5.32 Å². The van der Waals surface area contributed by atoms with Crippen LogP contribution in [0, 0.1) is 0 Å². The van der Waals surface area contributed by atoms with Crippen LogP contribution in [-0.2, 0) is 17.6 Å². The van der Waals surface area contributed by atoms with Gasteiger partial charge in [-0.05, 0) is 55.4 Å². The van der Waals surface area contributed by atoms with E-state index in [2.05, 4.69) is 19.2 Å². The van der Waals surface area contributed by atoms with Gasteiger partial charge in [-0.25, -0.2) is 15.0 Å². The van der Waals surface area contributed by atoms with Crippen LogP contribution in [0.2, 0.25) is 0 Å². The summed E-state index contributed by atoms with van der Waals surface area (Å²) in [6.07, 6.45) is 8.10. The van der Waals surface area contributed by atoms with E-state index in [1.807, 2.05) is 6.26 Å². The van der Waals surface area contributed by atoms with Crippen LogP contribution in [0.3, 0.4) is 0 Å². The SMILES string of the molecule is CSc1nc(NCC2CCCO2)c2sc3nc(C(C)C)c4c(c3c2n1)CCC4. The second-order valence-corrected chi connectivity index (χ2v) is 9.77. The highest BCUT2D eigenvalue weighted by Crippen LogP contribution is 2.43. The Kier molecular flexibility index (Phi) is 4.93. The molecule has 5 rings (SSSR count). The monoisotopic (exact) mass is 414 g/mol. The third-order valence-electron chi connectivity index (χ3n) is 5.80. The quantitative estimate of drug-likeness (QED) is 0.459. The first kappa shape index (κ1) is 18.6. The summed E-state index contributed by atoms with van der Waals surface area (Å²) in [5.74, 6) is 1.39. The van der Waals surface area contributed by atoms with E-state index in [4.69, 9.17) is 19.7 Å². The molecular formula is C21H26N4OS2. The van der Waals surface area contributed by atoms with Gasteiger partial charge in [0.05, 0.1) is 16.3 Å². The minimum atomic E-state index is 0.284. The van der Waals surface area contributed by atoms with Crippen molar-refractivity contribution in [1.29, 1.82) is 0 Å². The number of nitrogens with zero attached hydrogens (tertiary/aromatic N) is 3. The Hall–Kier alpha value is -1.44. The third kappa shape index (κ3) is 3.08. The van der Waals surface area contributed by atoms with Gasteiger partial charge in [-0.3, -0.25) is 0 Å². The maximum Gasteiger partial charge on any atom is 0.189 e. The number of ether oxygens (including phenoxy) is 1. The Morgan fingerprint density at radius 2 is 2.04 bits per heavy atom. The number of thiophene rings is 1. The molecule has 148 valence electrons. The maximum absolute atomic E-state index is 5.78. The maximum atomic E-state index is 5.78. The van der Waals surface area contributed by atoms with Crippen LogP contribution in [0.15, 0.2) is 5.16 Å². The van der Waals surface area contributed by atoms with Gasteiger partial charge in [0.15, 0.2) is 5.16 Å². The summed E-state index contributed by atoms with van der Waals surface area (Å²) < 4.78 is 6.92. The van der Waals surface area contributed by atoms with Crippen LogP contribution in [0.1, 0.15) is 55.8 Å². The molecule has 4 heterocycles. The smallest absolute Gasteiger partial charge is 0.189 e. The van der Waals surface area contributed by atoms with Gasteiger partial charge < -0.3 is 10.1 Å². The predicted molar refractivity (Wildman–Crippen MR) is 118 cm³/mol. The molecule has 1 aliphatic carbocycles. The highest BCUT2D eigenvalue weighted by Gasteiger charge is 2.26. The first-order valence-corrected chi connectivity index (χ1v) is 12.2. The molecule has 7 heteroatoms. The van der Waals surface area contributed by atoms with Crippen molar-refractivity contribution in [2.45, 2.75) is 63.1 Å². The van der Waals surface area contributed by atoms with Gasteiger partial charge in [-0.1, -0.05) is 25.6 Å². The Morgan fingerprint density at radius 1 is 1.18 bits per heavy atom. The first-order valence-electron chi connectivity index (χ1n) is 10.2. The Labute approximate surface area is 173 Å². The van der Waals surface area contributed by atoms with Crippen molar-refractivity contribution in [3.63, 3.8) is 0 Å². The number of hydrogen-bond acceptors (Lipinski definition) is 7. The zero-order valence-corrected chi connectivity index (χ0v) is 18.3. The van der Waals surface area contributed by atoms with Crippen molar-refractivity contribution in [3.05, 3.63) is 16.8 Å². The van der Waals surface area contributed by atoms with Gasteiger partial charge in [0.1, 0.15) is 10.6 Å². The van der Waals surface area contributed by atoms with Gasteiger partial charge in [0, 0.05) is 24.2 Å². The van der Waals surface area contributed by atoms with Crippen LogP contribution in [0.5, 0.6) is 0 Å². The molecule has 1 saturated heterocycles. The second kappa shape index (κ2) is 7.43. The Bertz CT molecular complexity index is 1040. The van der Waals surface area contributed by atoms with Crippen molar-refractivity contribution in [2.75, 3.05) is 24.7 Å². The summed E-state index contributed by atoms with van der Waals surface area (Å²) in [6, 6.07) is 0. The van der Waals surface area contributed by atoms with E-state index < -0.39 is 0 Å². The Morgan fingerprint density at radius 3 is 2.79 bits per heavy atom. The molecule has 3 aromatic rings. The fraction of sp³-hybridized carbons (Fsp3) is 0.571. The van der Waals surface area contributed by atoms with Crippen molar-refractivity contribution in [3.8, 4) is 0 Å². The highest BCUT2D eigenvalue weighted by molar-refractivity contribution is 7.98. The minimum absolute atomic E-state index is 0.284. The average Bonchev–Trinajstić information content (AvgIpc) is 3.43. The standard InChI is InChI=1S/C21H26N4OS2/c1-11(2)16-14-8-4-7-13(14)15-17-18(28-20(15)23-16)19(25-21(24-17)27-3)22-10-12-6-5-9-26-12/h11-12H,4-10H2,1-3H3,(H,22,24,25). The van der Waals surface area contributed by atoms with E-state index in [1.54, 1.807) is 23.1 Å². The van der Waals surface area contributed by atoms with E-state index in [0.29, 0.717) is 5.92 Å². The molecular weight excluding hydrogens is 388 g/mol. The summed E-state index contributed by atoms with van der Waals surface area (Å²) in [5.41, 5.74) is 5.31. The summed E-state index contributed by atoms with van der Waals surface area (Å²) in [5, 5.41) is 5.66. The van der Waals surface area contributed by atoms with E-state index in [0.717, 1.165) is 64.9 Å². The number of thioether (sulfide) groups is 1. The van der Waals surface area contributed by atoms with Gasteiger partial charge in [-0.2, -0.15) is 0 Å². The molecule has 1 unspecified atom stereocenters. The molecule has 2 aliphatic rings.